The van der Waals surface area contributed by atoms with Crippen LogP contribution in [0.4, 0.5) is 0 Å². The molecule has 0 aliphatic carbocycles. The highest BCUT2D eigenvalue weighted by Gasteiger charge is 2.20. The van der Waals surface area contributed by atoms with Gasteiger partial charge >= 0.3 is 0 Å². The number of ether oxygens (including phenoxy) is 2. The van der Waals surface area contributed by atoms with E-state index in [0.29, 0.717) is 6.54 Å². The average molecular weight is 423 g/mol. The second-order valence-corrected chi connectivity index (χ2v) is 8.20. The van der Waals surface area contributed by atoms with E-state index in [-0.39, 0.29) is 5.91 Å². The fourth-order valence-electron chi connectivity index (χ4n) is 3.87. The fourth-order valence-corrected chi connectivity index (χ4v) is 4.70. The first kappa shape index (κ1) is 20.4. The minimum atomic E-state index is -0.00679. The Morgan fingerprint density at radius 2 is 1.80 bits per heavy atom. The van der Waals surface area contributed by atoms with Crippen molar-refractivity contribution in [1.82, 2.24) is 10.2 Å². The second-order valence-electron chi connectivity index (χ2n) is 7.29. The highest BCUT2D eigenvalue weighted by molar-refractivity contribution is 7.12. The largest absolute Gasteiger partial charge is 0.493 e. The van der Waals surface area contributed by atoms with E-state index >= 15 is 0 Å². The van der Waals surface area contributed by atoms with E-state index < -0.39 is 0 Å². The summed E-state index contributed by atoms with van der Waals surface area (Å²) in [6, 6.07) is 16.2. The molecule has 30 heavy (non-hydrogen) atoms. The molecule has 4 rings (SSSR count). The number of thiophene rings is 1. The highest BCUT2D eigenvalue weighted by Crippen LogP contribution is 2.33. The molecule has 2 aromatic carbocycles. The monoisotopic (exact) mass is 422 g/mol. The molecule has 6 heteroatoms. The van der Waals surface area contributed by atoms with Gasteiger partial charge in [-0.3, -0.25) is 9.69 Å². The Balaban J connectivity index is 1.35. The lowest BCUT2D eigenvalue weighted by Crippen LogP contribution is -2.37. The lowest BCUT2D eigenvalue weighted by atomic mass is 9.99. The number of amides is 1. The number of nitrogens with one attached hydrogen (secondary N) is 1. The van der Waals surface area contributed by atoms with E-state index in [1.54, 1.807) is 14.2 Å². The van der Waals surface area contributed by atoms with Crippen LogP contribution in [0.3, 0.4) is 0 Å². The lowest BCUT2D eigenvalue weighted by Gasteiger charge is -2.29. The van der Waals surface area contributed by atoms with Gasteiger partial charge in [0.2, 0.25) is 0 Å². The van der Waals surface area contributed by atoms with Crippen LogP contribution >= 0.6 is 11.3 Å². The van der Waals surface area contributed by atoms with E-state index in [1.807, 2.05) is 41.8 Å². The second kappa shape index (κ2) is 9.32. The number of rotatable bonds is 7. The van der Waals surface area contributed by atoms with Crippen molar-refractivity contribution in [2.24, 2.45) is 0 Å². The van der Waals surface area contributed by atoms with E-state index in [2.05, 4.69) is 22.3 Å². The van der Waals surface area contributed by atoms with Gasteiger partial charge in [0.05, 0.1) is 19.1 Å². The van der Waals surface area contributed by atoms with Crippen LogP contribution in [0, 0.1) is 0 Å². The zero-order chi connectivity index (χ0) is 20.9. The van der Waals surface area contributed by atoms with E-state index in [0.717, 1.165) is 53.6 Å². The summed E-state index contributed by atoms with van der Waals surface area (Å²) < 4.78 is 10.9. The minimum Gasteiger partial charge on any atom is -0.493 e. The topological polar surface area (TPSA) is 50.8 Å². The number of fused-ring (bicyclic) bond motifs is 1. The number of carbonyl (C=O) groups excluding carboxylic acids is 1. The van der Waals surface area contributed by atoms with Crippen LogP contribution in [0.2, 0.25) is 0 Å². The van der Waals surface area contributed by atoms with Gasteiger partial charge in [0, 0.05) is 31.7 Å². The quantitative estimate of drug-likeness (QED) is 0.619. The summed E-state index contributed by atoms with van der Waals surface area (Å²) >= 11 is 1.49. The molecular weight excluding hydrogens is 396 g/mol. The molecule has 0 spiro atoms. The zero-order valence-electron chi connectivity index (χ0n) is 17.3. The first-order chi connectivity index (χ1) is 14.7. The Bertz CT molecular complexity index is 1020. The standard InChI is InChI=1S/C24H26N2O3S/c1-28-21-14-18-8-11-26(16-19(18)15-22(21)29-2)12-10-25-24(27)23-20(9-13-30-23)17-6-4-3-5-7-17/h3-7,9,13-15H,8,10-12,16H2,1-2H3,(H,25,27). The summed E-state index contributed by atoms with van der Waals surface area (Å²) in [7, 11) is 3.33. The molecule has 1 aliphatic heterocycles. The van der Waals surface area contributed by atoms with Gasteiger partial charge in [0.15, 0.2) is 11.5 Å². The van der Waals surface area contributed by atoms with Gasteiger partial charge in [0.25, 0.3) is 5.91 Å². The number of nitrogens with zero attached hydrogens (tertiary/aromatic N) is 1. The van der Waals surface area contributed by atoms with Crippen LogP contribution < -0.4 is 14.8 Å². The maximum atomic E-state index is 12.7. The van der Waals surface area contributed by atoms with Crippen LogP contribution in [0.5, 0.6) is 11.5 Å². The Hall–Kier alpha value is -2.83. The number of methoxy groups -OCH3 is 2. The van der Waals surface area contributed by atoms with E-state index in [1.165, 1.54) is 22.5 Å². The SMILES string of the molecule is COc1cc2c(cc1OC)CN(CCNC(=O)c1sccc1-c1ccccc1)CC2. The molecule has 0 bridgehead atoms. The third kappa shape index (κ3) is 4.35. The lowest BCUT2D eigenvalue weighted by molar-refractivity contribution is 0.0952. The van der Waals surface area contributed by atoms with Gasteiger partial charge in [-0.1, -0.05) is 30.3 Å². The molecule has 5 nitrogen and oxygen atoms in total. The molecule has 0 atom stereocenters. The summed E-state index contributed by atoms with van der Waals surface area (Å²) in [5.74, 6) is 1.53. The van der Waals surface area contributed by atoms with Crippen LogP contribution in [0.15, 0.2) is 53.9 Å². The summed E-state index contributed by atoms with van der Waals surface area (Å²) in [5.41, 5.74) is 4.63. The first-order valence-corrected chi connectivity index (χ1v) is 10.9. The molecule has 1 aromatic heterocycles. The van der Waals surface area contributed by atoms with Crippen LogP contribution in [-0.4, -0.2) is 44.7 Å². The van der Waals surface area contributed by atoms with E-state index in [9.17, 15) is 4.79 Å². The summed E-state index contributed by atoms with van der Waals surface area (Å²) in [6.07, 6.45) is 0.965. The normalized spacial score (nSPS) is 13.5. The van der Waals surface area contributed by atoms with E-state index in [4.69, 9.17) is 9.47 Å². The molecule has 1 N–H and O–H groups in total. The van der Waals surface area contributed by atoms with Crippen LogP contribution in [-0.2, 0) is 13.0 Å². The van der Waals surface area contributed by atoms with Crippen molar-refractivity contribution in [1.29, 1.82) is 0 Å². The molecule has 0 unspecified atom stereocenters. The van der Waals surface area contributed by atoms with Crippen LogP contribution in [0.25, 0.3) is 11.1 Å². The number of hydrogen-bond acceptors (Lipinski definition) is 5. The summed E-state index contributed by atoms with van der Waals surface area (Å²) in [5, 5.41) is 5.07. The minimum absolute atomic E-state index is 0.00679. The maximum absolute atomic E-state index is 12.7. The Morgan fingerprint density at radius 3 is 2.53 bits per heavy atom. The van der Waals surface area contributed by atoms with Crippen molar-refractivity contribution in [3.05, 3.63) is 69.9 Å². The van der Waals surface area contributed by atoms with Crippen molar-refractivity contribution >= 4 is 17.2 Å². The van der Waals surface area contributed by atoms with Gasteiger partial charge in [-0.15, -0.1) is 11.3 Å². The Morgan fingerprint density at radius 1 is 1.07 bits per heavy atom. The smallest absolute Gasteiger partial charge is 0.262 e. The average Bonchev–Trinajstić information content (AvgIpc) is 3.28. The van der Waals surface area contributed by atoms with Gasteiger partial charge in [0.1, 0.15) is 0 Å². The molecule has 1 amide bonds. The summed E-state index contributed by atoms with van der Waals surface area (Å²) in [6.45, 7) is 3.24. The third-order valence-corrected chi connectivity index (χ3v) is 6.38. The molecule has 2 heterocycles. The molecular formula is C24H26N2O3S. The summed E-state index contributed by atoms with van der Waals surface area (Å²) in [4.78, 5) is 15.9. The van der Waals surface area contributed by atoms with Gasteiger partial charge < -0.3 is 14.8 Å². The van der Waals surface area contributed by atoms with Crippen molar-refractivity contribution in [2.75, 3.05) is 33.9 Å². The van der Waals surface area contributed by atoms with Gasteiger partial charge in [-0.25, -0.2) is 0 Å². The van der Waals surface area contributed by atoms with Crippen molar-refractivity contribution < 1.29 is 14.3 Å². The Labute approximate surface area is 181 Å². The molecule has 0 fully saturated rings. The van der Waals surface area contributed by atoms with Crippen LogP contribution in [0.1, 0.15) is 20.8 Å². The zero-order valence-corrected chi connectivity index (χ0v) is 18.1. The molecule has 3 aromatic rings. The number of hydrogen-bond donors (Lipinski definition) is 1. The molecule has 156 valence electrons. The molecule has 0 saturated carbocycles. The first-order valence-electron chi connectivity index (χ1n) is 10.1. The van der Waals surface area contributed by atoms with Gasteiger partial charge in [-0.05, 0) is 46.7 Å². The Kier molecular flexibility index (Phi) is 6.35. The number of carbonyl (C=O) groups is 1. The van der Waals surface area contributed by atoms with Crippen molar-refractivity contribution in [2.45, 2.75) is 13.0 Å². The molecule has 1 aliphatic rings. The third-order valence-electron chi connectivity index (χ3n) is 5.47. The van der Waals surface area contributed by atoms with Crippen molar-refractivity contribution in [3.63, 3.8) is 0 Å². The predicted octanol–water partition coefficient (Wildman–Crippen LogP) is 4.22. The highest BCUT2D eigenvalue weighted by atomic mass is 32.1. The van der Waals surface area contributed by atoms with Crippen molar-refractivity contribution in [3.8, 4) is 22.6 Å². The number of benzene rings is 2. The van der Waals surface area contributed by atoms with Gasteiger partial charge in [-0.2, -0.15) is 0 Å². The fraction of sp³-hybridized carbons (Fsp3) is 0.292. The molecule has 0 radical (unpaired) electrons. The maximum Gasteiger partial charge on any atom is 0.262 e. The molecule has 0 saturated heterocycles. The predicted molar refractivity (Wildman–Crippen MR) is 121 cm³/mol.